The number of nitrogens with one attached hydrogen (secondary N) is 1. The van der Waals surface area contributed by atoms with Crippen LogP contribution < -0.4 is 20.4 Å². The molecule has 0 radical (unpaired) electrons. The summed E-state index contributed by atoms with van der Waals surface area (Å²) < 4.78 is 15.7. The minimum Gasteiger partial charge on any atom is -0.508 e. The van der Waals surface area contributed by atoms with Gasteiger partial charge in [0, 0.05) is 29.5 Å². The lowest BCUT2D eigenvalue weighted by Gasteiger charge is -2.12. The third kappa shape index (κ3) is 3.93. The van der Waals surface area contributed by atoms with Crippen LogP contribution >= 0.6 is 0 Å². The van der Waals surface area contributed by atoms with Crippen LogP contribution in [-0.4, -0.2) is 25.2 Å². The second-order valence-corrected chi connectivity index (χ2v) is 6.29. The first-order valence-corrected chi connectivity index (χ1v) is 8.70. The molecule has 2 aromatic carbocycles. The number of fused-ring (bicyclic) bond motifs is 1. The molecule has 7 heteroatoms. The first-order chi connectivity index (χ1) is 13.4. The monoisotopic (exact) mass is 383 g/mol. The van der Waals surface area contributed by atoms with E-state index in [1.54, 1.807) is 38.3 Å². The van der Waals surface area contributed by atoms with Gasteiger partial charge in [0.05, 0.1) is 19.9 Å². The van der Waals surface area contributed by atoms with E-state index in [0.29, 0.717) is 28.3 Å². The van der Waals surface area contributed by atoms with Crippen LogP contribution in [0, 0.1) is 6.92 Å². The number of aryl methyl sites for hydroxylation is 1. The molecule has 1 aromatic heterocycles. The number of phenols is 1. The molecule has 28 heavy (non-hydrogen) atoms. The van der Waals surface area contributed by atoms with Gasteiger partial charge in [-0.2, -0.15) is 0 Å². The van der Waals surface area contributed by atoms with Crippen molar-refractivity contribution in [2.75, 3.05) is 19.5 Å². The number of hydrogen-bond donors (Lipinski definition) is 2. The number of carbonyl (C=O) groups is 1. The molecular formula is C21H21NO6. The van der Waals surface area contributed by atoms with E-state index in [4.69, 9.17) is 13.9 Å². The molecule has 0 aliphatic rings. The lowest BCUT2D eigenvalue weighted by atomic mass is 10.0. The number of benzene rings is 2. The summed E-state index contributed by atoms with van der Waals surface area (Å²) >= 11 is 0. The summed E-state index contributed by atoms with van der Waals surface area (Å²) in [4.78, 5) is 24.7. The fraction of sp³-hybridized carbons (Fsp3) is 0.238. The zero-order valence-electron chi connectivity index (χ0n) is 15.9. The number of hydrogen-bond acceptors (Lipinski definition) is 6. The Bertz CT molecular complexity index is 1090. The van der Waals surface area contributed by atoms with Crippen LogP contribution in [0.15, 0.2) is 45.6 Å². The molecule has 2 N–H and O–H groups in total. The van der Waals surface area contributed by atoms with Gasteiger partial charge in [0.1, 0.15) is 22.8 Å². The van der Waals surface area contributed by atoms with Gasteiger partial charge in [-0.15, -0.1) is 0 Å². The quantitative estimate of drug-likeness (QED) is 0.633. The molecular weight excluding hydrogens is 362 g/mol. The molecule has 0 bridgehead atoms. The lowest BCUT2D eigenvalue weighted by molar-refractivity contribution is -0.116. The SMILES string of the molecule is COc1ccc(NC(=O)CCc2c(C)c3ccc(O)cc3oc2=O)c(OC)c1. The maximum absolute atomic E-state index is 12.4. The highest BCUT2D eigenvalue weighted by atomic mass is 16.5. The number of rotatable bonds is 6. The van der Waals surface area contributed by atoms with Gasteiger partial charge in [-0.25, -0.2) is 4.79 Å². The summed E-state index contributed by atoms with van der Waals surface area (Å²) in [6, 6.07) is 9.70. The molecule has 7 nitrogen and oxygen atoms in total. The molecule has 0 spiro atoms. The van der Waals surface area contributed by atoms with E-state index in [2.05, 4.69) is 5.32 Å². The number of phenolic OH excluding ortho intramolecular Hbond substituents is 1. The average molecular weight is 383 g/mol. The number of ether oxygens (including phenoxy) is 2. The molecule has 1 amide bonds. The van der Waals surface area contributed by atoms with Crippen LogP contribution in [0.25, 0.3) is 11.0 Å². The van der Waals surface area contributed by atoms with Crippen molar-refractivity contribution in [3.05, 3.63) is 57.9 Å². The van der Waals surface area contributed by atoms with E-state index >= 15 is 0 Å². The maximum atomic E-state index is 12.4. The second kappa shape index (κ2) is 8.04. The Hall–Kier alpha value is -3.48. The molecule has 0 aliphatic carbocycles. The van der Waals surface area contributed by atoms with Crippen LogP contribution in [0.1, 0.15) is 17.5 Å². The molecule has 0 aliphatic heterocycles. The van der Waals surface area contributed by atoms with Crippen molar-refractivity contribution in [1.82, 2.24) is 0 Å². The van der Waals surface area contributed by atoms with Crippen LogP contribution in [0.3, 0.4) is 0 Å². The van der Waals surface area contributed by atoms with E-state index in [9.17, 15) is 14.7 Å². The molecule has 146 valence electrons. The Morgan fingerprint density at radius 3 is 2.64 bits per heavy atom. The largest absolute Gasteiger partial charge is 0.508 e. The van der Waals surface area contributed by atoms with Gasteiger partial charge in [0.25, 0.3) is 0 Å². The highest BCUT2D eigenvalue weighted by Crippen LogP contribution is 2.29. The second-order valence-electron chi connectivity index (χ2n) is 6.29. The van der Waals surface area contributed by atoms with Crippen LogP contribution in [0.4, 0.5) is 5.69 Å². The predicted octanol–water partition coefficient (Wildman–Crippen LogP) is 3.40. The number of amides is 1. The fourth-order valence-electron chi connectivity index (χ4n) is 3.02. The van der Waals surface area contributed by atoms with Gasteiger partial charge in [-0.05, 0) is 43.2 Å². The van der Waals surface area contributed by atoms with Gasteiger partial charge < -0.3 is 24.3 Å². The van der Waals surface area contributed by atoms with E-state index in [1.807, 2.05) is 0 Å². The van der Waals surface area contributed by atoms with Crippen molar-refractivity contribution in [1.29, 1.82) is 0 Å². The summed E-state index contributed by atoms with van der Waals surface area (Å²) in [6.07, 6.45) is 0.333. The standard InChI is InChI=1S/C21H21NO6/c1-12-15-6-4-13(23)10-18(15)28-21(25)16(12)7-9-20(24)22-17-8-5-14(26-2)11-19(17)27-3/h4-6,8,10-11,23H,7,9H2,1-3H3,(H,22,24). The van der Waals surface area contributed by atoms with E-state index < -0.39 is 5.63 Å². The van der Waals surface area contributed by atoms with Crippen molar-refractivity contribution >= 4 is 22.6 Å². The number of carbonyl (C=O) groups excluding carboxylic acids is 1. The van der Waals surface area contributed by atoms with Crippen LogP contribution in [0.5, 0.6) is 17.2 Å². The first kappa shape index (κ1) is 19.3. The Kier molecular flexibility index (Phi) is 5.54. The van der Waals surface area contributed by atoms with Crippen molar-refractivity contribution in [2.24, 2.45) is 0 Å². The smallest absolute Gasteiger partial charge is 0.339 e. The minimum absolute atomic E-state index is 0.0237. The first-order valence-electron chi connectivity index (χ1n) is 8.70. The van der Waals surface area contributed by atoms with Crippen LogP contribution in [0.2, 0.25) is 0 Å². The van der Waals surface area contributed by atoms with Crippen molar-refractivity contribution in [3.8, 4) is 17.2 Å². The number of methoxy groups -OCH3 is 2. The van der Waals surface area contributed by atoms with Gasteiger partial charge >= 0.3 is 5.63 Å². The van der Waals surface area contributed by atoms with Crippen LogP contribution in [-0.2, 0) is 11.2 Å². The number of anilines is 1. The summed E-state index contributed by atoms with van der Waals surface area (Å²) in [7, 11) is 3.05. The predicted molar refractivity (Wildman–Crippen MR) is 105 cm³/mol. The Balaban J connectivity index is 1.76. The van der Waals surface area contributed by atoms with E-state index in [-0.39, 0.29) is 24.5 Å². The molecule has 3 rings (SSSR count). The molecule has 1 heterocycles. The fourth-order valence-corrected chi connectivity index (χ4v) is 3.02. The third-order valence-corrected chi connectivity index (χ3v) is 4.56. The minimum atomic E-state index is -0.509. The number of aromatic hydroxyl groups is 1. The van der Waals surface area contributed by atoms with Gasteiger partial charge in [-0.3, -0.25) is 4.79 Å². The zero-order chi connectivity index (χ0) is 20.3. The molecule has 0 saturated heterocycles. The highest BCUT2D eigenvalue weighted by Gasteiger charge is 2.15. The average Bonchev–Trinajstić information content (AvgIpc) is 2.67. The van der Waals surface area contributed by atoms with Crippen molar-refractivity contribution in [2.45, 2.75) is 19.8 Å². The highest BCUT2D eigenvalue weighted by molar-refractivity contribution is 5.92. The summed E-state index contributed by atoms with van der Waals surface area (Å²) in [5.41, 5.74) is 1.51. The molecule has 0 saturated carbocycles. The molecule has 0 fully saturated rings. The zero-order valence-corrected chi connectivity index (χ0v) is 15.9. The summed E-state index contributed by atoms with van der Waals surface area (Å²) in [5.74, 6) is 0.864. The Morgan fingerprint density at radius 1 is 1.14 bits per heavy atom. The van der Waals surface area contributed by atoms with Gasteiger partial charge in [0.15, 0.2) is 0 Å². The molecule has 0 atom stereocenters. The lowest BCUT2D eigenvalue weighted by Crippen LogP contribution is -2.17. The topological polar surface area (TPSA) is 98.0 Å². The normalized spacial score (nSPS) is 10.7. The van der Waals surface area contributed by atoms with Gasteiger partial charge in [-0.1, -0.05) is 0 Å². The molecule has 3 aromatic rings. The van der Waals surface area contributed by atoms with Gasteiger partial charge in [0.2, 0.25) is 5.91 Å². The maximum Gasteiger partial charge on any atom is 0.339 e. The van der Waals surface area contributed by atoms with Crippen molar-refractivity contribution < 1.29 is 23.8 Å². The molecule has 0 unspecified atom stereocenters. The summed E-state index contributed by atoms with van der Waals surface area (Å²) in [5, 5.41) is 13.0. The Morgan fingerprint density at radius 2 is 1.93 bits per heavy atom. The summed E-state index contributed by atoms with van der Waals surface area (Å²) in [6.45, 7) is 1.80. The Labute approximate surface area is 161 Å². The van der Waals surface area contributed by atoms with E-state index in [1.165, 1.54) is 19.2 Å². The third-order valence-electron chi connectivity index (χ3n) is 4.56. The van der Waals surface area contributed by atoms with E-state index in [0.717, 1.165) is 10.9 Å². The van der Waals surface area contributed by atoms with Crippen molar-refractivity contribution in [3.63, 3.8) is 0 Å².